The molecule has 2 heterocycles. The lowest BCUT2D eigenvalue weighted by Gasteiger charge is -2.26. The second-order valence-corrected chi connectivity index (χ2v) is 5.94. The maximum atomic E-state index is 5.37. The van der Waals surface area contributed by atoms with E-state index in [4.69, 9.17) is 4.74 Å². The summed E-state index contributed by atoms with van der Waals surface area (Å²) < 4.78 is 7.33. The van der Waals surface area contributed by atoms with Crippen LogP contribution in [0.3, 0.4) is 0 Å². The van der Waals surface area contributed by atoms with Crippen molar-refractivity contribution >= 4 is 0 Å². The smallest absolute Gasteiger partial charge is 0.0833 e. The summed E-state index contributed by atoms with van der Waals surface area (Å²) in [4.78, 5) is 2.41. The molecule has 3 rings (SSSR count). The van der Waals surface area contributed by atoms with Crippen molar-refractivity contribution < 1.29 is 4.74 Å². The van der Waals surface area contributed by atoms with Gasteiger partial charge in [0.25, 0.3) is 0 Å². The van der Waals surface area contributed by atoms with Crippen LogP contribution >= 0.6 is 0 Å². The molecular weight excluding hydrogens is 276 g/mol. The van der Waals surface area contributed by atoms with Crippen molar-refractivity contribution in [3.8, 4) is 0 Å². The van der Waals surface area contributed by atoms with Crippen LogP contribution in [0.1, 0.15) is 24.1 Å². The molecule has 1 aliphatic heterocycles. The molecule has 1 aromatic carbocycles. The molecule has 1 fully saturated rings. The fraction of sp³-hybridized carbons (Fsp3) is 0.529. The molecule has 5 heteroatoms. The normalized spacial score (nSPS) is 17.5. The molecule has 0 N–H and O–H groups in total. The Morgan fingerprint density at radius 1 is 1.14 bits per heavy atom. The molecule has 1 saturated heterocycles. The SMILES string of the molecule is CC(Cc1cn(CCN2CCOCC2)nn1)c1ccccc1. The van der Waals surface area contributed by atoms with Crippen LogP contribution in [-0.4, -0.2) is 52.7 Å². The summed E-state index contributed by atoms with van der Waals surface area (Å²) >= 11 is 0. The summed E-state index contributed by atoms with van der Waals surface area (Å²) in [5.41, 5.74) is 2.42. The van der Waals surface area contributed by atoms with Crippen LogP contribution in [0.4, 0.5) is 0 Å². The fourth-order valence-electron chi connectivity index (χ4n) is 2.82. The maximum Gasteiger partial charge on any atom is 0.0833 e. The number of benzene rings is 1. The predicted octanol–water partition coefficient (Wildman–Crippen LogP) is 1.96. The van der Waals surface area contributed by atoms with Crippen molar-refractivity contribution in [1.29, 1.82) is 0 Å². The Bertz CT molecular complexity index is 563. The third-order valence-electron chi connectivity index (χ3n) is 4.22. The van der Waals surface area contributed by atoms with E-state index in [0.717, 1.165) is 51.5 Å². The first-order chi connectivity index (χ1) is 10.8. The second kappa shape index (κ2) is 7.51. The van der Waals surface area contributed by atoms with Crippen LogP contribution in [-0.2, 0) is 17.7 Å². The van der Waals surface area contributed by atoms with E-state index < -0.39 is 0 Å². The van der Waals surface area contributed by atoms with Crippen molar-refractivity contribution in [3.05, 3.63) is 47.8 Å². The highest BCUT2D eigenvalue weighted by Crippen LogP contribution is 2.18. The fourth-order valence-corrected chi connectivity index (χ4v) is 2.82. The lowest BCUT2D eigenvalue weighted by atomic mass is 9.97. The molecule has 0 bridgehead atoms. The highest BCUT2D eigenvalue weighted by Gasteiger charge is 2.12. The summed E-state index contributed by atoms with van der Waals surface area (Å²) in [6.45, 7) is 7.88. The Morgan fingerprint density at radius 3 is 2.68 bits per heavy atom. The topological polar surface area (TPSA) is 43.2 Å². The molecule has 0 radical (unpaired) electrons. The predicted molar refractivity (Wildman–Crippen MR) is 85.8 cm³/mol. The van der Waals surface area contributed by atoms with Gasteiger partial charge in [-0.25, -0.2) is 0 Å². The van der Waals surface area contributed by atoms with Crippen molar-refractivity contribution in [2.75, 3.05) is 32.8 Å². The van der Waals surface area contributed by atoms with Crippen molar-refractivity contribution in [2.45, 2.75) is 25.8 Å². The van der Waals surface area contributed by atoms with Gasteiger partial charge in [-0.3, -0.25) is 9.58 Å². The monoisotopic (exact) mass is 300 g/mol. The molecule has 0 aliphatic carbocycles. The van der Waals surface area contributed by atoms with Gasteiger partial charge in [-0.1, -0.05) is 42.5 Å². The average molecular weight is 300 g/mol. The van der Waals surface area contributed by atoms with E-state index in [1.807, 2.05) is 4.68 Å². The van der Waals surface area contributed by atoms with Crippen LogP contribution in [0.25, 0.3) is 0 Å². The number of aromatic nitrogens is 3. The van der Waals surface area contributed by atoms with Crippen molar-refractivity contribution in [2.24, 2.45) is 0 Å². The first kappa shape index (κ1) is 15.2. The van der Waals surface area contributed by atoms with E-state index in [2.05, 4.69) is 58.7 Å². The summed E-state index contributed by atoms with van der Waals surface area (Å²) in [5, 5.41) is 8.57. The molecule has 0 amide bonds. The summed E-state index contributed by atoms with van der Waals surface area (Å²) in [7, 11) is 0. The van der Waals surface area contributed by atoms with Crippen molar-refractivity contribution in [1.82, 2.24) is 19.9 Å². The molecule has 1 aliphatic rings. The van der Waals surface area contributed by atoms with Gasteiger partial charge in [0, 0.05) is 25.8 Å². The van der Waals surface area contributed by atoms with E-state index in [1.165, 1.54) is 5.56 Å². The number of nitrogens with zero attached hydrogens (tertiary/aromatic N) is 4. The zero-order valence-corrected chi connectivity index (χ0v) is 13.2. The molecule has 1 atom stereocenters. The first-order valence-electron chi connectivity index (χ1n) is 8.05. The van der Waals surface area contributed by atoms with Gasteiger partial charge in [-0.05, 0) is 17.9 Å². The van der Waals surface area contributed by atoms with Gasteiger partial charge in [-0.15, -0.1) is 5.10 Å². The Labute approximate surface area is 131 Å². The van der Waals surface area contributed by atoms with E-state index >= 15 is 0 Å². The molecule has 5 nitrogen and oxygen atoms in total. The number of hydrogen-bond acceptors (Lipinski definition) is 4. The number of ether oxygens (including phenoxy) is 1. The maximum absolute atomic E-state index is 5.37. The highest BCUT2D eigenvalue weighted by molar-refractivity contribution is 5.20. The Morgan fingerprint density at radius 2 is 1.91 bits per heavy atom. The number of morpholine rings is 1. The van der Waals surface area contributed by atoms with Crippen LogP contribution in [0.5, 0.6) is 0 Å². The Balaban J connectivity index is 1.50. The average Bonchev–Trinajstić information content (AvgIpc) is 3.02. The minimum Gasteiger partial charge on any atom is -0.379 e. The Kier molecular flexibility index (Phi) is 5.19. The second-order valence-electron chi connectivity index (χ2n) is 5.94. The van der Waals surface area contributed by atoms with Crippen LogP contribution < -0.4 is 0 Å². The van der Waals surface area contributed by atoms with Gasteiger partial charge >= 0.3 is 0 Å². The lowest BCUT2D eigenvalue weighted by molar-refractivity contribution is 0.0359. The zero-order valence-electron chi connectivity index (χ0n) is 13.2. The van der Waals surface area contributed by atoms with Gasteiger partial charge in [0.1, 0.15) is 0 Å². The van der Waals surface area contributed by atoms with E-state index in [0.29, 0.717) is 5.92 Å². The molecule has 1 aromatic heterocycles. The summed E-state index contributed by atoms with van der Waals surface area (Å²) in [6.07, 6.45) is 3.02. The van der Waals surface area contributed by atoms with Crippen molar-refractivity contribution in [3.63, 3.8) is 0 Å². The summed E-state index contributed by atoms with van der Waals surface area (Å²) in [6, 6.07) is 10.6. The third-order valence-corrected chi connectivity index (χ3v) is 4.22. The minimum absolute atomic E-state index is 0.464. The van der Waals surface area contributed by atoms with Gasteiger partial charge < -0.3 is 4.74 Å². The van der Waals surface area contributed by atoms with Gasteiger partial charge in [0.2, 0.25) is 0 Å². The van der Waals surface area contributed by atoms with Crippen LogP contribution in [0.15, 0.2) is 36.5 Å². The lowest BCUT2D eigenvalue weighted by Crippen LogP contribution is -2.38. The van der Waals surface area contributed by atoms with E-state index in [9.17, 15) is 0 Å². The molecule has 0 saturated carbocycles. The number of rotatable bonds is 6. The molecule has 2 aromatic rings. The number of hydrogen-bond donors (Lipinski definition) is 0. The molecule has 1 unspecified atom stereocenters. The largest absolute Gasteiger partial charge is 0.379 e. The highest BCUT2D eigenvalue weighted by atomic mass is 16.5. The van der Waals surface area contributed by atoms with Crippen LogP contribution in [0.2, 0.25) is 0 Å². The van der Waals surface area contributed by atoms with Gasteiger partial charge in [0.15, 0.2) is 0 Å². The van der Waals surface area contributed by atoms with Crippen LogP contribution in [0, 0.1) is 0 Å². The van der Waals surface area contributed by atoms with Gasteiger partial charge in [0.05, 0.1) is 25.5 Å². The molecule has 22 heavy (non-hydrogen) atoms. The van der Waals surface area contributed by atoms with Gasteiger partial charge in [-0.2, -0.15) is 0 Å². The molecule has 118 valence electrons. The molecule has 0 spiro atoms. The standard InChI is InChI=1S/C17H24N4O/c1-15(16-5-3-2-4-6-16)13-17-14-21(19-18-17)8-7-20-9-11-22-12-10-20/h2-6,14-15H,7-13H2,1H3. The quantitative estimate of drug-likeness (QED) is 0.818. The Hall–Kier alpha value is -1.72. The minimum atomic E-state index is 0.464. The van der Waals surface area contributed by atoms with E-state index in [1.54, 1.807) is 0 Å². The van der Waals surface area contributed by atoms with E-state index in [-0.39, 0.29) is 0 Å². The zero-order chi connectivity index (χ0) is 15.2. The summed E-state index contributed by atoms with van der Waals surface area (Å²) in [5.74, 6) is 0.464. The third kappa shape index (κ3) is 4.15. The first-order valence-corrected chi connectivity index (χ1v) is 8.05. The molecular formula is C17H24N4O.